The Kier molecular flexibility index (Phi) is 5.65. The van der Waals surface area contributed by atoms with Crippen molar-refractivity contribution in [3.8, 4) is 0 Å². The summed E-state index contributed by atoms with van der Waals surface area (Å²) in [6.45, 7) is 9.35. The van der Waals surface area contributed by atoms with Gasteiger partial charge in [-0.05, 0) is 49.0 Å². The molecule has 0 bridgehead atoms. The molecule has 0 aliphatic heterocycles. The number of hydrogen-bond donors (Lipinski definition) is 1. The lowest BCUT2D eigenvalue weighted by Crippen LogP contribution is -2.36. The van der Waals surface area contributed by atoms with E-state index in [0.29, 0.717) is 12.1 Å². The van der Waals surface area contributed by atoms with Crippen LogP contribution in [0.1, 0.15) is 65.0 Å². The third-order valence-corrected chi connectivity index (χ3v) is 4.18. The molecule has 112 valence electrons. The number of rotatable bonds is 8. The minimum absolute atomic E-state index is 0.568. The van der Waals surface area contributed by atoms with Crippen LogP contribution in [-0.2, 0) is 0 Å². The van der Waals surface area contributed by atoms with Crippen LogP contribution in [-0.4, -0.2) is 6.04 Å². The molecule has 1 aliphatic carbocycles. The van der Waals surface area contributed by atoms with Gasteiger partial charge in [0.25, 0.3) is 0 Å². The summed E-state index contributed by atoms with van der Waals surface area (Å²) in [6, 6.07) is 12.3. The van der Waals surface area contributed by atoms with Crippen LogP contribution in [0.3, 0.4) is 0 Å². The van der Waals surface area contributed by atoms with E-state index >= 15 is 0 Å². The van der Waals surface area contributed by atoms with Crippen molar-refractivity contribution in [3.05, 3.63) is 35.9 Å². The topological polar surface area (TPSA) is 12.0 Å². The van der Waals surface area contributed by atoms with Crippen molar-refractivity contribution in [2.45, 2.75) is 65.5 Å². The first kappa shape index (κ1) is 15.6. The van der Waals surface area contributed by atoms with Crippen molar-refractivity contribution >= 4 is 0 Å². The second kappa shape index (κ2) is 7.26. The predicted molar refractivity (Wildman–Crippen MR) is 87.7 cm³/mol. The van der Waals surface area contributed by atoms with Crippen LogP contribution in [0, 0.1) is 17.8 Å². The maximum atomic E-state index is 4.00. The molecular formula is C19H31N. The zero-order valence-corrected chi connectivity index (χ0v) is 13.6. The highest BCUT2D eigenvalue weighted by Gasteiger charge is 2.33. The normalized spacial score (nSPS) is 17.1. The molecule has 1 N–H and O–H groups in total. The van der Waals surface area contributed by atoms with Crippen molar-refractivity contribution in [1.29, 1.82) is 0 Å². The lowest BCUT2D eigenvalue weighted by Gasteiger charge is -2.29. The molecular weight excluding hydrogens is 242 g/mol. The summed E-state index contributed by atoms with van der Waals surface area (Å²) in [7, 11) is 0. The van der Waals surface area contributed by atoms with Gasteiger partial charge in [0.05, 0.1) is 0 Å². The Morgan fingerprint density at radius 2 is 1.50 bits per heavy atom. The molecule has 0 spiro atoms. The summed E-state index contributed by atoms with van der Waals surface area (Å²) in [5, 5.41) is 4.00. The first-order valence-corrected chi connectivity index (χ1v) is 8.37. The van der Waals surface area contributed by atoms with Gasteiger partial charge in [-0.3, -0.25) is 0 Å². The van der Waals surface area contributed by atoms with Gasteiger partial charge in [0, 0.05) is 12.1 Å². The SMILES string of the molecule is CC(C)CC(CC(C)C)NC(c1ccccc1)C1CC1. The van der Waals surface area contributed by atoms with E-state index in [4.69, 9.17) is 0 Å². The highest BCUT2D eigenvalue weighted by atomic mass is 15.0. The fourth-order valence-electron chi connectivity index (χ4n) is 3.22. The van der Waals surface area contributed by atoms with Crippen LogP contribution in [0.4, 0.5) is 0 Å². The largest absolute Gasteiger partial charge is 0.307 e. The van der Waals surface area contributed by atoms with Crippen molar-refractivity contribution in [2.75, 3.05) is 0 Å². The van der Waals surface area contributed by atoms with Crippen LogP contribution in [0.2, 0.25) is 0 Å². The summed E-state index contributed by atoms with van der Waals surface area (Å²) in [5.41, 5.74) is 1.48. The number of nitrogens with one attached hydrogen (secondary N) is 1. The Bertz CT molecular complexity index is 368. The van der Waals surface area contributed by atoms with Gasteiger partial charge in [-0.15, -0.1) is 0 Å². The smallest absolute Gasteiger partial charge is 0.0351 e. The van der Waals surface area contributed by atoms with Gasteiger partial charge in [-0.2, -0.15) is 0 Å². The molecule has 2 rings (SSSR count). The standard InChI is InChI=1S/C19H31N/c1-14(2)12-18(13-15(3)4)20-19(17-10-11-17)16-8-6-5-7-9-16/h5-9,14-15,17-20H,10-13H2,1-4H3. The zero-order chi connectivity index (χ0) is 14.5. The Balaban J connectivity index is 2.04. The minimum Gasteiger partial charge on any atom is -0.307 e. The summed E-state index contributed by atoms with van der Waals surface area (Å²) in [6.07, 6.45) is 5.35. The van der Waals surface area contributed by atoms with Crippen molar-refractivity contribution in [3.63, 3.8) is 0 Å². The second-order valence-corrected chi connectivity index (χ2v) is 7.35. The van der Waals surface area contributed by atoms with Gasteiger partial charge in [0.2, 0.25) is 0 Å². The lowest BCUT2D eigenvalue weighted by atomic mass is 9.93. The zero-order valence-electron chi connectivity index (χ0n) is 13.6. The van der Waals surface area contributed by atoms with E-state index in [9.17, 15) is 0 Å². The molecule has 20 heavy (non-hydrogen) atoms. The summed E-state index contributed by atoms with van der Waals surface area (Å²) in [5.74, 6) is 2.39. The Hall–Kier alpha value is -0.820. The lowest BCUT2D eigenvalue weighted by molar-refractivity contribution is 0.313. The van der Waals surface area contributed by atoms with Crippen molar-refractivity contribution < 1.29 is 0 Å². The minimum atomic E-state index is 0.568. The first-order chi connectivity index (χ1) is 9.56. The van der Waals surface area contributed by atoms with Gasteiger partial charge in [-0.1, -0.05) is 58.0 Å². The predicted octanol–water partition coefficient (Wildman–Crippen LogP) is 5.19. The fraction of sp³-hybridized carbons (Fsp3) is 0.684. The molecule has 1 fully saturated rings. The molecule has 0 aromatic heterocycles. The van der Waals surface area contributed by atoms with Gasteiger partial charge in [0.15, 0.2) is 0 Å². The van der Waals surface area contributed by atoms with Crippen LogP contribution < -0.4 is 5.32 Å². The summed E-state index contributed by atoms with van der Waals surface area (Å²) >= 11 is 0. The molecule has 1 heteroatoms. The fourth-order valence-corrected chi connectivity index (χ4v) is 3.22. The molecule has 1 aliphatic rings. The van der Waals surface area contributed by atoms with E-state index in [0.717, 1.165) is 17.8 Å². The second-order valence-electron chi connectivity index (χ2n) is 7.35. The van der Waals surface area contributed by atoms with Crippen LogP contribution in [0.5, 0.6) is 0 Å². The molecule has 1 atom stereocenters. The molecule has 1 nitrogen and oxygen atoms in total. The van der Waals surface area contributed by atoms with Gasteiger partial charge >= 0.3 is 0 Å². The molecule has 0 heterocycles. The van der Waals surface area contributed by atoms with Crippen LogP contribution >= 0.6 is 0 Å². The van der Waals surface area contributed by atoms with E-state index in [-0.39, 0.29) is 0 Å². The average molecular weight is 273 g/mol. The summed E-state index contributed by atoms with van der Waals surface area (Å²) in [4.78, 5) is 0. The highest BCUT2D eigenvalue weighted by molar-refractivity contribution is 5.21. The molecule has 1 unspecified atom stereocenters. The van der Waals surface area contributed by atoms with E-state index in [1.54, 1.807) is 0 Å². The van der Waals surface area contributed by atoms with Crippen LogP contribution in [0.25, 0.3) is 0 Å². The van der Waals surface area contributed by atoms with E-state index < -0.39 is 0 Å². The molecule has 0 radical (unpaired) electrons. The molecule has 1 saturated carbocycles. The Morgan fingerprint density at radius 3 is 1.95 bits per heavy atom. The van der Waals surface area contributed by atoms with Gasteiger partial charge < -0.3 is 5.32 Å². The quantitative estimate of drug-likeness (QED) is 0.687. The third kappa shape index (κ3) is 4.94. The molecule has 1 aromatic rings. The van der Waals surface area contributed by atoms with E-state index in [1.807, 2.05) is 0 Å². The first-order valence-electron chi connectivity index (χ1n) is 8.37. The average Bonchev–Trinajstić information content (AvgIpc) is 3.19. The van der Waals surface area contributed by atoms with E-state index in [2.05, 4.69) is 63.3 Å². The van der Waals surface area contributed by atoms with Gasteiger partial charge in [0.1, 0.15) is 0 Å². The van der Waals surface area contributed by atoms with Crippen LogP contribution in [0.15, 0.2) is 30.3 Å². The molecule has 0 amide bonds. The molecule has 0 saturated heterocycles. The highest BCUT2D eigenvalue weighted by Crippen LogP contribution is 2.41. The number of hydrogen-bond acceptors (Lipinski definition) is 1. The molecule has 1 aromatic carbocycles. The monoisotopic (exact) mass is 273 g/mol. The third-order valence-electron chi connectivity index (χ3n) is 4.18. The van der Waals surface area contributed by atoms with E-state index in [1.165, 1.54) is 31.2 Å². The Morgan fingerprint density at radius 1 is 0.950 bits per heavy atom. The maximum absolute atomic E-state index is 4.00. The maximum Gasteiger partial charge on any atom is 0.0351 e. The Labute approximate surface area is 125 Å². The number of benzene rings is 1. The summed E-state index contributed by atoms with van der Waals surface area (Å²) < 4.78 is 0. The van der Waals surface area contributed by atoms with Crippen molar-refractivity contribution in [1.82, 2.24) is 5.32 Å². The van der Waals surface area contributed by atoms with Crippen molar-refractivity contribution in [2.24, 2.45) is 17.8 Å². The van der Waals surface area contributed by atoms with Gasteiger partial charge in [-0.25, -0.2) is 0 Å².